The molecule has 0 bridgehead atoms. The summed E-state index contributed by atoms with van der Waals surface area (Å²) in [6.07, 6.45) is 1.93. The van der Waals surface area contributed by atoms with Crippen LogP contribution in [0.3, 0.4) is 0 Å². The van der Waals surface area contributed by atoms with Gasteiger partial charge in [-0.15, -0.1) is 11.3 Å². The van der Waals surface area contributed by atoms with Crippen LogP contribution < -0.4 is 11.1 Å². The molecule has 34 heavy (non-hydrogen) atoms. The van der Waals surface area contributed by atoms with Gasteiger partial charge in [-0.2, -0.15) is 4.98 Å². The van der Waals surface area contributed by atoms with Crippen LogP contribution in [0.2, 0.25) is 0 Å². The molecule has 0 aliphatic rings. The lowest BCUT2D eigenvalue weighted by atomic mass is 9.96. The van der Waals surface area contributed by atoms with E-state index in [2.05, 4.69) is 25.4 Å². The number of thiophene rings is 1. The second kappa shape index (κ2) is 8.75. The van der Waals surface area contributed by atoms with E-state index in [-0.39, 0.29) is 23.2 Å². The molecule has 0 radical (unpaired) electrons. The van der Waals surface area contributed by atoms with Crippen molar-refractivity contribution in [2.75, 3.05) is 11.1 Å². The van der Waals surface area contributed by atoms with E-state index < -0.39 is 11.6 Å². The van der Waals surface area contributed by atoms with E-state index in [0.29, 0.717) is 29.4 Å². The summed E-state index contributed by atoms with van der Waals surface area (Å²) < 4.78 is 33.5. The highest BCUT2D eigenvalue weighted by Crippen LogP contribution is 2.37. The molecule has 1 atom stereocenters. The number of anilines is 2. The van der Waals surface area contributed by atoms with E-state index in [1.807, 2.05) is 24.4 Å². The average Bonchev–Trinajstić information content (AvgIpc) is 3.45. The first-order valence-corrected chi connectivity index (χ1v) is 11.3. The van der Waals surface area contributed by atoms with Gasteiger partial charge in [0.2, 0.25) is 11.7 Å². The second-order valence-electron chi connectivity index (χ2n) is 7.59. The van der Waals surface area contributed by atoms with Gasteiger partial charge in [-0.25, -0.2) is 23.7 Å². The molecule has 5 rings (SSSR count). The summed E-state index contributed by atoms with van der Waals surface area (Å²) in [5.74, 6) is -0.127. The number of nitrogens with zero attached hydrogens (tertiary/aromatic N) is 5. The molecule has 4 aromatic heterocycles. The smallest absolute Gasteiger partial charge is 0.223 e. The zero-order chi connectivity index (χ0) is 23.8. The third-order valence-electron chi connectivity index (χ3n) is 5.38. The Balaban J connectivity index is 1.65. The quantitative estimate of drug-likeness (QED) is 0.326. The molecule has 0 amide bonds. The molecule has 3 N–H and O–H groups in total. The molecular weight excluding hydrogens is 460 g/mol. The maximum Gasteiger partial charge on any atom is 0.223 e. The van der Waals surface area contributed by atoms with Gasteiger partial charge in [0.05, 0.1) is 11.7 Å². The van der Waals surface area contributed by atoms with E-state index >= 15 is 0 Å². The Labute approximate surface area is 196 Å². The molecule has 8 nitrogen and oxygen atoms in total. The molecule has 0 aliphatic heterocycles. The highest BCUT2D eigenvalue weighted by Gasteiger charge is 2.24. The number of aryl methyl sites for hydroxylation is 1. The average molecular weight is 480 g/mol. The number of nitrogens with one attached hydrogen (secondary N) is 1. The van der Waals surface area contributed by atoms with Crippen molar-refractivity contribution >= 4 is 33.2 Å². The van der Waals surface area contributed by atoms with Crippen molar-refractivity contribution in [3.63, 3.8) is 0 Å². The molecule has 0 spiro atoms. The summed E-state index contributed by atoms with van der Waals surface area (Å²) in [6.45, 7) is 3.65. The maximum atomic E-state index is 14.8. The largest absolute Gasteiger partial charge is 0.383 e. The Morgan fingerprint density at radius 1 is 1.15 bits per heavy atom. The number of aromatic nitrogens is 5. The SMILES string of the molecule is CC[C@H](Nc1ncnc(N)c1-c1noc(C)n1)c1cc2ccsc2nc1-c1ccc(F)cc1F. The van der Waals surface area contributed by atoms with Crippen LogP contribution in [-0.2, 0) is 0 Å². The monoisotopic (exact) mass is 479 g/mol. The first-order valence-electron chi connectivity index (χ1n) is 10.5. The van der Waals surface area contributed by atoms with Crippen LogP contribution in [0.4, 0.5) is 20.4 Å². The number of fused-ring (bicyclic) bond motifs is 1. The molecule has 4 heterocycles. The first kappa shape index (κ1) is 21.8. The number of rotatable bonds is 6. The normalized spacial score (nSPS) is 12.2. The van der Waals surface area contributed by atoms with Gasteiger partial charge >= 0.3 is 0 Å². The van der Waals surface area contributed by atoms with Crippen LogP contribution in [0.15, 0.2) is 46.6 Å². The number of hydrogen-bond donors (Lipinski definition) is 2. The standard InChI is InChI=1S/C23H19F2N7OS/c1-3-17(30-21-18(20(26)27-10-28-21)22-29-11(2)33-32-22)15-8-12-6-7-34-23(12)31-19(15)14-5-4-13(24)9-16(14)25/h4-10,17H,3H2,1-2H3,(H3,26,27,28,30)/t17-/m0/s1. The lowest BCUT2D eigenvalue weighted by molar-refractivity contribution is 0.394. The molecule has 0 unspecified atom stereocenters. The van der Waals surface area contributed by atoms with Gasteiger partial charge in [-0.3, -0.25) is 0 Å². The predicted molar refractivity (Wildman–Crippen MR) is 126 cm³/mol. The molecule has 1 aromatic carbocycles. The lowest BCUT2D eigenvalue weighted by Crippen LogP contribution is -2.15. The minimum atomic E-state index is -0.686. The van der Waals surface area contributed by atoms with Gasteiger partial charge < -0.3 is 15.6 Å². The van der Waals surface area contributed by atoms with Crippen LogP contribution in [0.25, 0.3) is 32.9 Å². The van der Waals surface area contributed by atoms with E-state index in [1.165, 1.54) is 29.8 Å². The first-order chi connectivity index (χ1) is 16.4. The maximum absolute atomic E-state index is 14.8. The van der Waals surface area contributed by atoms with Gasteiger partial charge in [0.25, 0.3) is 0 Å². The topological polar surface area (TPSA) is 116 Å². The molecule has 0 saturated heterocycles. The summed E-state index contributed by atoms with van der Waals surface area (Å²) in [7, 11) is 0. The third kappa shape index (κ3) is 3.94. The second-order valence-corrected chi connectivity index (χ2v) is 8.48. The molecule has 0 saturated carbocycles. The van der Waals surface area contributed by atoms with Crippen molar-refractivity contribution in [3.05, 3.63) is 65.1 Å². The van der Waals surface area contributed by atoms with Crippen LogP contribution >= 0.6 is 11.3 Å². The minimum absolute atomic E-state index is 0.185. The summed E-state index contributed by atoms with van der Waals surface area (Å²) in [6, 6.07) is 7.04. The Bertz CT molecular complexity index is 1500. The summed E-state index contributed by atoms with van der Waals surface area (Å²) in [5, 5.41) is 10.2. The highest BCUT2D eigenvalue weighted by molar-refractivity contribution is 7.16. The zero-order valence-electron chi connectivity index (χ0n) is 18.2. The van der Waals surface area contributed by atoms with E-state index in [0.717, 1.165) is 21.8 Å². The Morgan fingerprint density at radius 3 is 2.74 bits per heavy atom. The Hall–Kier alpha value is -3.99. The third-order valence-corrected chi connectivity index (χ3v) is 6.20. The molecule has 172 valence electrons. The van der Waals surface area contributed by atoms with Crippen LogP contribution in [0.1, 0.15) is 30.8 Å². The number of pyridine rings is 1. The van der Waals surface area contributed by atoms with Crippen molar-refractivity contribution in [2.45, 2.75) is 26.3 Å². The van der Waals surface area contributed by atoms with Crippen molar-refractivity contribution in [1.29, 1.82) is 0 Å². The lowest BCUT2D eigenvalue weighted by Gasteiger charge is -2.22. The molecule has 0 aliphatic carbocycles. The summed E-state index contributed by atoms with van der Waals surface area (Å²) in [5.41, 5.74) is 7.89. The van der Waals surface area contributed by atoms with Crippen molar-refractivity contribution < 1.29 is 13.3 Å². The fourth-order valence-corrected chi connectivity index (χ4v) is 4.52. The van der Waals surface area contributed by atoms with Crippen LogP contribution in [-0.4, -0.2) is 25.1 Å². The van der Waals surface area contributed by atoms with Crippen LogP contribution in [0, 0.1) is 18.6 Å². The molecule has 0 fully saturated rings. The van der Waals surface area contributed by atoms with Crippen molar-refractivity contribution in [2.24, 2.45) is 0 Å². The fourth-order valence-electron chi connectivity index (χ4n) is 3.77. The van der Waals surface area contributed by atoms with E-state index in [4.69, 9.17) is 15.2 Å². The van der Waals surface area contributed by atoms with Crippen molar-refractivity contribution in [3.8, 4) is 22.6 Å². The Morgan fingerprint density at radius 2 is 2.00 bits per heavy atom. The number of hydrogen-bond acceptors (Lipinski definition) is 9. The number of halogens is 2. The number of benzene rings is 1. The fraction of sp³-hybridized carbons (Fsp3) is 0.174. The molecular formula is C23H19F2N7OS. The van der Waals surface area contributed by atoms with Gasteiger partial charge in [0.1, 0.15) is 40.0 Å². The summed E-state index contributed by atoms with van der Waals surface area (Å²) in [4.78, 5) is 18.2. The highest BCUT2D eigenvalue weighted by atomic mass is 32.1. The van der Waals surface area contributed by atoms with Gasteiger partial charge in [-0.05, 0) is 36.1 Å². The van der Waals surface area contributed by atoms with E-state index in [9.17, 15) is 8.78 Å². The van der Waals surface area contributed by atoms with Crippen molar-refractivity contribution in [1.82, 2.24) is 25.1 Å². The molecule has 5 aromatic rings. The number of nitrogens with two attached hydrogens (primary N) is 1. The van der Waals surface area contributed by atoms with Gasteiger partial charge in [0.15, 0.2) is 0 Å². The zero-order valence-corrected chi connectivity index (χ0v) is 19.0. The van der Waals surface area contributed by atoms with Gasteiger partial charge in [0, 0.05) is 29.5 Å². The van der Waals surface area contributed by atoms with E-state index in [1.54, 1.807) is 6.92 Å². The van der Waals surface area contributed by atoms with Crippen LogP contribution in [0.5, 0.6) is 0 Å². The van der Waals surface area contributed by atoms with Gasteiger partial charge in [-0.1, -0.05) is 12.1 Å². The molecule has 11 heteroatoms. The number of nitrogen functional groups attached to an aromatic ring is 1. The summed E-state index contributed by atoms with van der Waals surface area (Å²) >= 11 is 1.45. The minimum Gasteiger partial charge on any atom is -0.383 e. The Kier molecular flexibility index (Phi) is 5.62. The predicted octanol–water partition coefficient (Wildman–Crippen LogP) is 5.54.